The summed E-state index contributed by atoms with van der Waals surface area (Å²) in [4.78, 5) is 0. The summed E-state index contributed by atoms with van der Waals surface area (Å²) in [6, 6.07) is 52.4. The largest absolute Gasteiger partial charge is 0.313 e. The van der Waals surface area contributed by atoms with Crippen molar-refractivity contribution in [2.75, 3.05) is 0 Å². The predicted octanol–water partition coefficient (Wildman–Crippen LogP) is 13.3. The van der Waals surface area contributed by atoms with Crippen LogP contribution in [0.2, 0.25) is 0 Å². The quantitative estimate of drug-likeness (QED) is 0.163. The zero-order chi connectivity index (χ0) is 35.3. The van der Waals surface area contributed by atoms with E-state index in [0.29, 0.717) is 5.92 Å². The summed E-state index contributed by atoms with van der Waals surface area (Å²) in [5, 5.41) is 1.37. The van der Waals surface area contributed by atoms with Gasteiger partial charge in [-0.1, -0.05) is 145 Å². The van der Waals surface area contributed by atoms with Gasteiger partial charge in [-0.15, -0.1) is 13.2 Å². The second-order valence-electron chi connectivity index (χ2n) is 13.8. The average molecular weight is 662 g/mol. The second-order valence-corrected chi connectivity index (χ2v) is 13.8. The Morgan fingerprint density at radius 2 is 1.14 bits per heavy atom. The van der Waals surface area contributed by atoms with Crippen LogP contribution >= 0.6 is 0 Å². The number of fused-ring (bicyclic) bond motifs is 8. The first-order valence-electron chi connectivity index (χ1n) is 18.2. The Labute approximate surface area is 304 Å². The summed E-state index contributed by atoms with van der Waals surface area (Å²) in [5.74, 6) is 1.42. The van der Waals surface area contributed by atoms with Gasteiger partial charge in [0.05, 0.1) is 5.52 Å². The Morgan fingerprint density at radius 3 is 1.78 bits per heavy atom. The molecule has 252 valence electrons. The van der Waals surface area contributed by atoms with Crippen LogP contribution in [0, 0.1) is 26.7 Å². The lowest BCUT2D eigenvalue weighted by Crippen LogP contribution is -2.02. The fraction of sp³-hybridized carbons (Fsp3) is 0.160. The zero-order valence-corrected chi connectivity index (χ0v) is 30.1. The minimum absolute atomic E-state index is 0.681. The molecule has 51 heavy (non-hydrogen) atoms. The molecule has 0 aliphatic heterocycles. The van der Waals surface area contributed by atoms with Gasteiger partial charge in [0.25, 0.3) is 0 Å². The smallest absolute Gasteiger partial charge is 0.0537 e. The molecule has 3 aliphatic rings. The molecule has 1 aromatic heterocycles. The number of allylic oxidation sites excluding steroid dienone is 1. The fourth-order valence-electron chi connectivity index (χ4n) is 7.65. The Hall–Kier alpha value is -5.66. The van der Waals surface area contributed by atoms with Crippen molar-refractivity contribution in [1.29, 1.82) is 0 Å². The van der Waals surface area contributed by atoms with Crippen LogP contribution in [0.3, 0.4) is 0 Å². The number of rotatable bonds is 2. The fourth-order valence-corrected chi connectivity index (χ4v) is 7.65. The average Bonchev–Trinajstić information content (AvgIpc) is 3.91. The van der Waals surface area contributed by atoms with Crippen molar-refractivity contribution < 1.29 is 0 Å². The van der Waals surface area contributed by atoms with Gasteiger partial charge < -0.3 is 4.57 Å². The zero-order valence-electron chi connectivity index (χ0n) is 30.1. The molecule has 0 saturated heterocycles. The monoisotopic (exact) mass is 661 g/mol. The number of aryl methyl sites for hydroxylation is 5. The van der Waals surface area contributed by atoms with E-state index in [-0.39, 0.29) is 0 Å². The van der Waals surface area contributed by atoms with Crippen LogP contribution in [0.5, 0.6) is 0 Å². The Morgan fingerprint density at radius 1 is 0.569 bits per heavy atom. The highest BCUT2D eigenvalue weighted by Gasteiger charge is 2.43. The van der Waals surface area contributed by atoms with Crippen LogP contribution in [0.1, 0.15) is 51.4 Å². The van der Waals surface area contributed by atoms with Crippen LogP contribution in [0.15, 0.2) is 165 Å². The lowest BCUT2D eigenvalue weighted by atomic mass is 9.86. The van der Waals surface area contributed by atoms with E-state index in [1.165, 1.54) is 97.2 Å². The van der Waals surface area contributed by atoms with Crippen LogP contribution in [0.25, 0.3) is 44.9 Å². The van der Waals surface area contributed by atoms with Crippen molar-refractivity contribution >= 4 is 17.0 Å². The maximum absolute atomic E-state index is 3.00. The molecule has 2 unspecified atom stereocenters. The first kappa shape index (κ1) is 33.8. The SMILES string of the molecule is C=C.Cc1cccc(-c2cccc(-n3c4c(c5ccccc53)C=CC3CC43)c2)c1.Cc1ccccc1C.c1ccc2c(c1)CCc1ccccc1-2. The van der Waals surface area contributed by atoms with Gasteiger partial charge in [0, 0.05) is 28.2 Å². The van der Waals surface area contributed by atoms with Crippen LogP contribution < -0.4 is 0 Å². The van der Waals surface area contributed by atoms with Gasteiger partial charge in [-0.2, -0.15) is 0 Å². The van der Waals surface area contributed by atoms with Gasteiger partial charge in [0.2, 0.25) is 0 Å². The molecule has 3 aliphatic carbocycles. The lowest BCUT2D eigenvalue weighted by Gasteiger charge is -2.19. The van der Waals surface area contributed by atoms with Gasteiger partial charge in [0.15, 0.2) is 0 Å². The molecule has 1 heteroatoms. The van der Waals surface area contributed by atoms with Crippen molar-refractivity contribution in [2.24, 2.45) is 5.92 Å². The van der Waals surface area contributed by atoms with Crippen molar-refractivity contribution in [1.82, 2.24) is 4.57 Å². The van der Waals surface area contributed by atoms with E-state index < -0.39 is 0 Å². The third kappa shape index (κ3) is 7.03. The minimum atomic E-state index is 0.681. The number of benzene rings is 6. The lowest BCUT2D eigenvalue weighted by molar-refractivity contribution is 0.896. The van der Waals surface area contributed by atoms with Crippen LogP contribution in [0.4, 0.5) is 0 Å². The van der Waals surface area contributed by atoms with E-state index >= 15 is 0 Å². The highest BCUT2D eigenvalue weighted by Crippen LogP contribution is 2.55. The summed E-state index contributed by atoms with van der Waals surface area (Å²) in [7, 11) is 0. The van der Waals surface area contributed by atoms with E-state index in [9.17, 15) is 0 Å². The van der Waals surface area contributed by atoms with Gasteiger partial charge >= 0.3 is 0 Å². The number of hydrogen-bond donors (Lipinski definition) is 0. The van der Waals surface area contributed by atoms with Gasteiger partial charge in [-0.05, 0) is 109 Å². The number of nitrogens with zero attached hydrogens (tertiary/aromatic N) is 1. The maximum atomic E-state index is 3.00. The van der Waals surface area contributed by atoms with Gasteiger partial charge in [-0.3, -0.25) is 0 Å². The Kier molecular flexibility index (Phi) is 9.99. The van der Waals surface area contributed by atoms with Gasteiger partial charge in [-0.25, -0.2) is 0 Å². The number of hydrogen-bond acceptors (Lipinski definition) is 0. The first-order valence-corrected chi connectivity index (χ1v) is 18.2. The minimum Gasteiger partial charge on any atom is -0.313 e. The van der Waals surface area contributed by atoms with Crippen LogP contribution in [-0.2, 0) is 12.8 Å². The molecule has 1 heterocycles. The molecule has 1 fully saturated rings. The summed E-state index contributed by atoms with van der Waals surface area (Å²) in [6.07, 6.45) is 8.43. The topological polar surface area (TPSA) is 4.93 Å². The molecule has 0 spiro atoms. The Balaban J connectivity index is 0.000000141. The normalized spacial score (nSPS) is 15.6. The summed E-state index contributed by atoms with van der Waals surface area (Å²) < 4.78 is 2.51. The highest BCUT2D eigenvalue weighted by atomic mass is 15.0. The maximum Gasteiger partial charge on any atom is 0.0537 e. The first-order chi connectivity index (χ1) is 25.0. The Bertz CT molecular complexity index is 2270. The molecule has 0 N–H and O–H groups in total. The third-order valence-corrected chi connectivity index (χ3v) is 10.5. The third-order valence-electron chi connectivity index (χ3n) is 10.5. The van der Waals surface area contributed by atoms with Gasteiger partial charge in [0.1, 0.15) is 0 Å². The molecule has 1 nitrogen and oxygen atoms in total. The van der Waals surface area contributed by atoms with Crippen molar-refractivity contribution in [3.8, 4) is 27.9 Å². The van der Waals surface area contributed by atoms with E-state index in [1.807, 2.05) is 0 Å². The molecule has 10 rings (SSSR count). The van der Waals surface area contributed by atoms with E-state index in [1.54, 1.807) is 0 Å². The van der Waals surface area contributed by atoms with Crippen molar-refractivity contribution in [3.63, 3.8) is 0 Å². The van der Waals surface area contributed by atoms with Crippen molar-refractivity contribution in [3.05, 3.63) is 204 Å². The predicted molar refractivity (Wildman–Crippen MR) is 220 cm³/mol. The summed E-state index contributed by atoms with van der Waals surface area (Å²) in [5.41, 5.74) is 17.9. The number of para-hydroxylation sites is 1. The summed E-state index contributed by atoms with van der Waals surface area (Å²) in [6.45, 7) is 12.4. The van der Waals surface area contributed by atoms with E-state index in [4.69, 9.17) is 0 Å². The molecule has 7 aromatic rings. The standard InChI is InChI=1S/C26H21N.C14H12.C8H10.C2H4/c1-17-6-4-7-18(14-17)19-8-5-9-21(15-19)27-25-11-3-2-10-22(25)23-13-12-20-16-24(20)26(23)27;1-3-7-13-11(5-1)9-10-12-6-2-4-8-14(12)13;1-7-5-3-4-6-8(7)2;1-2/h2-15,20,24H,16H2,1H3;1-8H,9-10H2;3-6H,1-2H3;1-2H2. The molecule has 1 saturated carbocycles. The molecule has 0 amide bonds. The molecule has 0 radical (unpaired) electrons. The molecule has 0 bridgehead atoms. The second kappa shape index (κ2) is 15.1. The summed E-state index contributed by atoms with van der Waals surface area (Å²) >= 11 is 0. The molecular formula is C50H47N. The number of aromatic nitrogens is 1. The molecule has 6 aromatic carbocycles. The highest BCUT2D eigenvalue weighted by molar-refractivity contribution is 5.94. The van der Waals surface area contributed by atoms with E-state index in [2.05, 4.69) is 196 Å². The molecular weight excluding hydrogens is 615 g/mol. The van der Waals surface area contributed by atoms with Crippen molar-refractivity contribution in [2.45, 2.75) is 46.0 Å². The van der Waals surface area contributed by atoms with Crippen LogP contribution in [-0.4, -0.2) is 4.57 Å². The van der Waals surface area contributed by atoms with E-state index in [0.717, 1.165) is 5.92 Å². The molecule has 2 atom stereocenters.